The van der Waals surface area contributed by atoms with Crippen molar-refractivity contribution in [3.05, 3.63) is 60.3 Å². The molecule has 2 aromatic carbocycles. The molecule has 0 aliphatic rings. The second-order valence-electron chi connectivity index (χ2n) is 4.11. The SMILES string of the molecule is NCc1ccccc1-c1cccc2[nH]ccc12. The minimum absolute atomic E-state index is 0.566. The van der Waals surface area contributed by atoms with Crippen molar-refractivity contribution in [3.8, 4) is 11.1 Å². The normalized spacial score (nSPS) is 10.9. The zero-order valence-corrected chi connectivity index (χ0v) is 9.48. The van der Waals surface area contributed by atoms with Crippen LogP contribution in [0.25, 0.3) is 22.0 Å². The molecule has 0 spiro atoms. The van der Waals surface area contributed by atoms with Gasteiger partial charge in [0.25, 0.3) is 0 Å². The van der Waals surface area contributed by atoms with Crippen LogP contribution in [0.4, 0.5) is 0 Å². The van der Waals surface area contributed by atoms with Crippen LogP contribution in [-0.4, -0.2) is 4.98 Å². The summed E-state index contributed by atoms with van der Waals surface area (Å²) in [4.78, 5) is 3.24. The van der Waals surface area contributed by atoms with E-state index in [-0.39, 0.29) is 0 Å². The maximum absolute atomic E-state index is 5.80. The van der Waals surface area contributed by atoms with Crippen molar-refractivity contribution in [2.24, 2.45) is 5.73 Å². The molecule has 3 aromatic rings. The van der Waals surface area contributed by atoms with Crippen molar-refractivity contribution in [1.82, 2.24) is 4.98 Å². The number of hydrogen-bond donors (Lipinski definition) is 2. The smallest absolute Gasteiger partial charge is 0.0460 e. The summed E-state index contributed by atoms with van der Waals surface area (Å²) in [5.74, 6) is 0. The summed E-state index contributed by atoms with van der Waals surface area (Å²) < 4.78 is 0. The molecule has 3 N–H and O–H groups in total. The summed E-state index contributed by atoms with van der Waals surface area (Å²) in [6.07, 6.45) is 1.97. The molecule has 1 heterocycles. The molecular weight excluding hydrogens is 208 g/mol. The van der Waals surface area contributed by atoms with E-state index in [1.165, 1.54) is 22.1 Å². The third-order valence-electron chi connectivity index (χ3n) is 3.12. The van der Waals surface area contributed by atoms with E-state index < -0.39 is 0 Å². The Hall–Kier alpha value is -2.06. The lowest BCUT2D eigenvalue weighted by Crippen LogP contribution is -1.98. The first-order valence-corrected chi connectivity index (χ1v) is 5.74. The van der Waals surface area contributed by atoms with E-state index in [1.54, 1.807) is 0 Å². The summed E-state index contributed by atoms with van der Waals surface area (Å²) in [6.45, 7) is 0.566. The van der Waals surface area contributed by atoms with Gasteiger partial charge in [0, 0.05) is 23.6 Å². The third-order valence-corrected chi connectivity index (χ3v) is 3.12. The lowest BCUT2D eigenvalue weighted by atomic mass is 9.97. The Bertz CT molecular complexity index is 653. The molecule has 0 saturated carbocycles. The number of rotatable bonds is 2. The van der Waals surface area contributed by atoms with Gasteiger partial charge in [-0.2, -0.15) is 0 Å². The molecule has 0 bridgehead atoms. The second-order valence-corrected chi connectivity index (χ2v) is 4.11. The fourth-order valence-electron chi connectivity index (χ4n) is 2.28. The minimum Gasteiger partial charge on any atom is -0.361 e. The fraction of sp³-hybridized carbons (Fsp3) is 0.0667. The number of nitrogens with one attached hydrogen (secondary N) is 1. The highest BCUT2D eigenvalue weighted by molar-refractivity contribution is 5.95. The summed E-state index contributed by atoms with van der Waals surface area (Å²) in [6, 6.07) is 16.7. The first-order valence-electron chi connectivity index (χ1n) is 5.74. The lowest BCUT2D eigenvalue weighted by Gasteiger charge is -2.08. The van der Waals surface area contributed by atoms with E-state index in [1.807, 2.05) is 12.3 Å². The Labute approximate surface area is 100 Å². The number of hydrogen-bond acceptors (Lipinski definition) is 1. The average Bonchev–Trinajstić information content (AvgIpc) is 2.86. The van der Waals surface area contributed by atoms with Crippen molar-refractivity contribution in [2.45, 2.75) is 6.54 Å². The van der Waals surface area contributed by atoms with Crippen LogP contribution in [0.2, 0.25) is 0 Å². The van der Waals surface area contributed by atoms with Gasteiger partial charge in [0.2, 0.25) is 0 Å². The molecule has 2 heteroatoms. The van der Waals surface area contributed by atoms with Gasteiger partial charge in [0.15, 0.2) is 0 Å². The third kappa shape index (κ3) is 1.63. The molecule has 0 atom stereocenters. The van der Waals surface area contributed by atoms with Gasteiger partial charge in [-0.3, -0.25) is 0 Å². The van der Waals surface area contributed by atoms with Crippen LogP contribution in [-0.2, 0) is 6.54 Å². The highest BCUT2D eigenvalue weighted by Crippen LogP contribution is 2.30. The van der Waals surface area contributed by atoms with Crippen molar-refractivity contribution in [1.29, 1.82) is 0 Å². The minimum atomic E-state index is 0.566. The highest BCUT2D eigenvalue weighted by atomic mass is 14.7. The van der Waals surface area contributed by atoms with Crippen molar-refractivity contribution < 1.29 is 0 Å². The van der Waals surface area contributed by atoms with Crippen LogP contribution in [0.15, 0.2) is 54.7 Å². The van der Waals surface area contributed by atoms with Crippen molar-refractivity contribution in [3.63, 3.8) is 0 Å². The Morgan fingerprint density at radius 3 is 2.59 bits per heavy atom. The van der Waals surface area contributed by atoms with Gasteiger partial charge in [0.1, 0.15) is 0 Å². The van der Waals surface area contributed by atoms with Crippen LogP contribution in [0.1, 0.15) is 5.56 Å². The lowest BCUT2D eigenvalue weighted by molar-refractivity contribution is 1.07. The van der Waals surface area contributed by atoms with Crippen LogP contribution in [0, 0.1) is 0 Å². The predicted molar refractivity (Wildman–Crippen MR) is 71.6 cm³/mol. The molecule has 2 nitrogen and oxygen atoms in total. The highest BCUT2D eigenvalue weighted by Gasteiger charge is 2.07. The summed E-state index contributed by atoms with van der Waals surface area (Å²) in [7, 11) is 0. The molecule has 3 rings (SSSR count). The number of H-pyrrole nitrogens is 1. The van der Waals surface area contributed by atoms with Gasteiger partial charge >= 0.3 is 0 Å². The number of aromatic amines is 1. The number of fused-ring (bicyclic) bond motifs is 1. The molecular formula is C15H14N2. The maximum Gasteiger partial charge on any atom is 0.0460 e. The number of aromatic nitrogens is 1. The van der Waals surface area contributed by atoms with Gasteiger partial charge in [-0.15, -0.1) is 0 Å². The zero-order chi connectivity index (χ0) is 11.7. The monoisotopic (exact) mass is 222 g/mol. The van der Waals surface area contributed by atoms with Gasteiger partial charge in [-0.05, 0) is 28.8 Å². The largest absolute Gasteiger partial charge is 0.361 e. The Morgan fingerprint density at radius 1 is 0.882 bits per heavy atom. The van der Waals surface area contributed by atoms with E-state index in [0.29, 0.717) is 6.54 Å². The van der Waals surface area contributed by atoms with Crippen LogP contribution >= 0.6 is 0 Å². The molecule has 0 fully saturated rings. The first kappa shape index (κ1) is 10.1. The van der Waals surface area contributed by atoms with E-state index in [2.05, 4.69) is 47.4 Å². The van der Waals surface area contributed by atoms with Crippen LogP contribution in [0.3, 0.4) is 0 Å². The topological polar surface area (TPSA) is 41.8 Å². The van der Waals surface area contributed by atoms with Gasteiger partial charge in [-0.25, -0.2) is 0 Å². The molecule has 17 heavy (non-hydrogen) atoms. The number of benzene rings is 2. The van der Waals surface area contributed by atoms with E-state index in [4.69, 9.17) is 5.73 Å². The molecule has 0 aliphatic carbocycles. The fourth-order valence-corrected chi connectivity index (χ4v) is 2.28. The zero-order valence-electron chi connectivity index (χ0n) is 9.48. The standard InChI is InChI=1S/C15H14N2/c16-10-11-4-1-2-5-12(11)13-6-3-7-15-14(13)8-9-17-15/h1-9,17H,10,16H2. The van der Waals surface area contributed by atoms with Crippen LogP contribution < -0.4 is 5.73 Å². The molecule has 1 aromatic heterocycles. The number of nitrogens with two attached hydrogens (primary N) is 1. The molecule has 0 radical (unpaired) electrons. The Balaban J connectivity index is 2.30. The van der Waals surface area contributed by atoms with Gasteiger partial charge < -0.3 is 10.7 Å². The van der Waals surface area contributed by atoms with Crippen molar-refractivity contribution >= 4 is 10.9 Å². The van der Waals surface area contributed by atoms with Crippen LogP contribution in [0.5, 0.6) is 0 Å². The summed E-state index contributed by atoms with van der Waals surface area (Å²) in [5, 5.41) is 1.24. The molecule has 0 unspecified atom stereocenters. The van der Waals surface area contributed by atoms with E-state index >= 15 is 0 Å². The molecule has 0 saturated heterocycles. The van der Waals surface area contributed by atoms with E-state index in [0.717, 1.165) is 5.52 Å². The van der Waals surface area contributed by atoms with Crippen molar-refractivity contribution in [2.75, 3.05) is 0 Å². The quantitative estimate of drug-likeness (QED) is 0.686. The average molecular weight is 222 g/mol. The molecule has 0 amide bonds. The van der Waals surface area contributed by atoms with Gasteiger partial charge in [-0.1, -0.05) is 36.4 Å². The first-order chi connectivity index (χ1) is 8.40. The molecule has 84 valence electrons. The van der Waals surface area contributed by atoms with Gasteiger partial charge in [0.05, 0.1) is 0 Å². The second kappa shape index (κ2) is 4.07. The van der Waals surface area contributed by atoms with E-state index in [9.17, 15) is 0 Å². The summed E-state index contributed by atoms with van der Waals surface area (Å²) in [5.41, 5.74) is 10.6. The molecule has 0 aliphatic heterocycles. The predicted octanol–water partition coefficient (Wildman–Crippen LogP) is 3.29. The summed E-state index contributed by atoms with van der Waals surface area (Å²) >= 11 is 0. The Morgan fingerprint density at radius 2 is 1.71 bits per heavy atom. The Kier molecular flexibility index (Phi) is 2.42. The maximum atomic E-state index is 5.80.